The van der Waals surface area contributed by atoms with Gasteiger partial charge in [-0.25, -0.2) is 13.4 Å². The molecule has 1 aliphatic rings. The topological polar surface area (TPSA) is 98.1 Å². The standard InChI is InChI=1S/C22H29N3O4S/c1-15(2)30(28,29)18-10-11-25(21(26)13-18)19(12-17-6-4-5-7-17)22(27)24-20-9-8-16(3)14-23-20/h8-11,13-15,17,19H,4-7,12H2,1-3H3,(H,23,24,27)/t19-/m0/s1. The molecule has 0 bridgehead atoms. The minimum atomic E-state index is -3.56. The molecule has 0 unspecified atom stereocenters. The smallest absolute Gasteiger partial charge is 0.252 e. The van der Waals surface area contributed by atoms with Crippen molar-refractivity contribution in [3.8, 4) is 0 Å². The minimum Gasteiger partial charge on any atom is -0.309 e. The Morgan fingerprint density at radius 2 is 1.93 bits per heavy atom. The molecule has 2 aromatic rings. The van der Waals surface area contributed by atoms with Gasteiger partial charge in [0.25, 0.3) is 5.56 Å². The maximum atomic E-state index is 13.1. The van der Waals surface area contributed by atoms with E-state index >= 15 is 0 Å². The van der Waals surface area contributed by atoms with Crippen LogP contribution in [0.1, 0.15) is 57.6 Å². The first-order valence-electron chi connectivity index (χ1n) is 10.4. The Morgan fingerprint density at radius 3 is 2.50 bits per heavy atom. The zero-order chi connectivity index (χ0) is 21.9. The number of nitrogens with zero attached hydrogens (tertiary/aromatic N) is 2. The summed E-state index contributed by atoms with van der Waals surface area (Å²) in [4.78, 5) is 30.1. The van der Waals surface area contributed by atoms with Crippen molar-refractivity contribution >= 4 is 21.6 Å². The Bertz CT molecular complexity index is 1050. The predicted octanol–water partition coefficient (Wildman–Crippen LogP) is 3.49. The van der Waals surface area contributed by atoms with E-state index in [1.54, 1.807) is 26.1 Å². The number of rotatable bonds is 7. The number of anilines is 1. The molecule has 1 aliphatic carbocycles. The van der Waals surface area contributed by atoms with Gasteiger partial charge >= 0.3 is 0 Å². The molecular formula is C22H29N3O4S. The number of hydrogen-bond acceptors (Lipinski definition) is 5. The first-order chi connectivity index (χ1) is 14.2. The summed E-state index contributed by atoms with van der Waals surface area (Å²) in [5.74, 6) is 0.464. The lowest BCUT2D eigenvalue weighted by Gasteiger charge is -2.22. The fourth-order valence-corrected chi connectivity index (χ4v) is 4.90. The van der Waals surface area contributed by atoms with Gasteiger partial charge in [0.1, 0.15) is 11.9 Å². The molecule has 3 rings (SSSR count). The highest BCUT2D eigenvalue weighted by Gasteiger charge is 2.28. The molecule has 162 valence electrons. The van der Waals surface area contributed by atoms with E-state index in [9.17, 15) is 18.0 Å². The number of carbonyl (C=O) groups excluding carboxylic acids is 1. The van der Waals surface area contributed by atoms with Crippen molar-refractivity contribution in [2.45, 2.75) is 69.1 Å². The maximum Gasteiger partial charge on any atom is 0.252 e. The van der Waals surface area contributed by atoms with Crippen molar-refractivity contribution in [2.75, 3.05) is 5.32 Å². The van der Waals surface area contributed by atoms with Gasteiger partial charge in [0.15, 0.2) is 9.84 Å². The Balaban J connectivity index is 1.92. The van der Waals surface area contributed by atoms with Crippen molar-refractivity contribution in [1.82, 2.24) is 9.55 Å². The normalized spacial score (nSPS) is 16.0. The summed E-state index contributed by atoms with van der Waals surface area (Å²) in [5, 5.41) is 2.18. The summed E-state index contributed by atoms with van der Waals surface area (Å²) in [6.07, 6.45) is 7.94. The average molecular weight is 432 g/mol. The minimum absolute atomic E-state index is 0.0148. The molecule has 0 radical (unpaired) electrons. The number of pyridine rings is 2. The van der Waals surface area contributed by atoms with Gasteiger partial charge in [-0.15, -0.1) is 0 Å². The van der Waals surface area contributed by atoms with Crippen LogP contribution >= 0.6 is 0 Å². The largest absolute Gasteiger partial charge is 0.309 e. The van der Waals surface area contributed by atoms with Crippen molar-refractivity contribution in [3.63, 3.8) is 0 Å². The van der Waals surface area contributed by atoms with Crippen molar-refractivity contribution in [3.05, 3.63) is 52.6 Å². The summed E-state index contributed by atoms with van der Waals surface area (Å²) < 4.78 is 26.2. The first kappa shape index (κ1) is 22.2. The lowest BCUT2D eigenvalue weighted by molar-refractivity contribution is -0.119. The molecule has 2 aromatic heterocycles. The summed E-state index contributed by atoms with van der Waals surface area (Å²) >= 11 is 0. The van der Waals surface area contributed by atoms with Crippen LogP contribution in [0.5, 0.6) is 0 Å². The first-order valence-corrected chi connectivity index (χ1v) is 11.9. The van der Waals surface area contributed by atoms with Gasteiger partial charge in [-0.1, -0.05) is 31.7 Å². The molecule has 1 saturated carbocycles. The molecule has 1 atom stereocenters. The summed E-state index contributed by atoms with van der Waals surface area (Å²) in [6, 6.07) is 5.39. The SMILES string of the molecule is Cc1ccc(NC(=O)[C@H](CC2CCCC2)n2ccc(S(=O)(=O)C(C)C)cc2=O)nc1. The number of amides is 1. The van der Waals surface area contributed by atoms with Crippen LogP contribution in [-0.4, -0.2) is 29.1 Å². The molecule has 1 N–H and O–H groups in total. The van der Waals surface area contributed by atoms with E-state index in [4.69, 9.17) is 0 Å². The zero-order valence-corrected chi connectivity index (χ0v) is 18.5. The van der Waals surface area contributed by atoms with E-state index in [2.05, 4.69) is 10.3 Å². The van der Waals surface area contributed by atoms with E-state index in [0.29, 0.717) is 18.2 Å². The van der Waals surface area contributed by atoms with Crippen LogP contribution in [-0.2, 0) is 14.6 Å². The number of aryl methyl sites for hydroxylation is 1. The molecule has 1 amide bonds. The van der Waals surface area contributed by atoms with E-state index in [1.807, 2.05) is 13.0 Å². The van der Waals surface area contributed by atoms with Crippen LogP contribution < -0.4 is 10.9 Å². The Kier molecular flexibility index (Phi) is 6.75. The van der Waals surface area contributed by atoms with Crippen LogP contribution in [0.15, 0.2) is 46.3 Å². The Morgan fingerprint density at radius 1 is 1.23 bits per heavy atom. The molecule has 7 nitrogen and oxygen atoms in total. The lowest BCUT2D eigenvalue weighted by Crippen LogP contribution is -2.34. The molecular weight excluding hydrogens is 402 g/mol. The fraction of sp³-hybridized carbons (Fsp3) is 0.500. The van der Waals surface area contributed by atoms with E-state index in [1.165, 1.54) is 16.8 Å². The van der Waals surface area contributed by atoms with Gasteiger partial charge in [0.05, 0.1) is 10.1 Å². The van der Waals surface area contributed by atoms with E-state index in [-0.39, 0.29) is 10.8 Å². The van der Waals surface area contributed by atoms with Crippen LogP contribution in [0.25, 0.3) is 0 Å². The molecule has 8 heteroatoms. The van der Waals surface area contributed by atoms with Crippen LogP contribution in [0.3, 0.4) is 0 Å². The monoisotopic (exact) mass is 431 g/mol. The van der Waals surface area contributed by atoms with Gasteiger partial charge in [-0.05, 0) is 50.8 Å². The maximum absolute atomic E-state index is 13.1. The molecule has 1 fully saturated rings. The van der Waals surface area contributed by atoms with Crippen LogP contribution in [0.4, 0.5) is 5.82 Å². The number of nitrogens with one attached hydrogen (secondary N) is 1. The number of hydrogen-bond donors (Lipinski definition) is 1. The van der Waals surface area contributed by atoms with Crippen molar-refractivity contribution in [2.24, 2.45) is 5.92 Å². The molecule has 0 saturated heterocycles. The number of carbonyl (C=O) groups is 1. The van der Waals surface area contributed by atoms with E-state index < -0.39 is 26.7 Å². The number of aromatic nitrogens is 2. The molecule has 2 heterocycles. The molecule has 30 heavy (non-hydrogen) atoms. The van der Waals surface area contributed by atoms with Crippen molar-refractivity contribution in [1.29, 1.82) is 0 Å². The highest BCUT2D eigenvalue weighted by atomic mass is 32.2. The average Bonchev–Trinajstić information content (AvgIpc) is 3.21. The highest BCUT2D eigenvalue weighted by Crippen LogP contribution is 2.32. The Labute approximate surface area is 177 Å². The second-order valence-electron chi connectivity index (χ2n) is 8.31. The molecule has 0 spiro atoms. The zero-order valence-electron chi connectivity index (χ0n) is 17.7. The van der Waals surface area contributed by atoms with Gasteiger partial charge in [-0.2, -0.15) is 0 Å². The van der Waals surface area contributed by atoms with E-state index in [0.717, 1.165) is 37.3 Å². The third-order valence-electron chi connectivity index (χ3n) is 5.70. The lowest BCUT2D eigenvalue weighted by atomic mass is 9.97. The predicted molar refractivity (Wildman–Crippen MR) is 116 cm³/mol. The molecule has 0 aromatic carbocycles. The van der Waals surface area contributed by atoms with Crippen LogP contribution in [0, 0.1) is 12.8 Å². The molecule has 0 aliphatic heterocycles. The van der Waals surface area contributed by atoms with Gasteiger partial charge in [0, 0.05) is 18.5 Å². The van der Waals surface area contributed by atoms with Crippen LogP contribution in [0.2, 0.25) is 0 Å². The summed E-state index contributed by atoms with van der Waals surface area (Å²) in [7, 11) is -3.56. The van der Waals surface area contributed by atoms with Gasteiger partial charge < -0.3 is 9.88 Å². The van der Waals surface area contributed by atoms with Gasteiger partial charge in [0.2, 0.25) is 5.91 Å². The Hall–Kier alpha value is -2.48. The third-order valence-corrected chi connectivity index (χ3v) is 7.85. The second-order valence-corrected chi connectivity index (χ2v) is 10.8. The van der Waals surface area contributed by atoms with Crippen molar-refractivity contribution < 1.29 is 13.2 Å². The highest BCUT2D eigenvalue weighted by molar-refractivity contribution is 7.92. The van der Waals surface area contributed by atoms with Gasteiger partial charge in [-0.3, -0.25) is 9.59 Å². The quantitative estimate of drug-likeness (QED) is 0.724. The second kappa shape index (κ2) is 9.12. The summed E-state index contributed by atoms with van der Waals surface area (Å²) in [5.41, 5.74) is 0.486. The number of sulfone groups is 1. The fourth-order valence-electron chi connectivity index (χ4n) is 3.84. The summed E-state index contributed by atoms with van der Waals surface area (Å²) in [6.45, 7) is 5.06. The third kappa shape index (κ3) is 4.98.